The van der Waals surface area contributed by atoms with Crippen molar-refractivity contribution in [1.29, 1.82) is 0 Å². The summed E-state index contributed by atoms with van der Waals surface area (Å²) in [4.78, 5) is 40.5. The highest BCUT2D eigenvalue weighted by Crippen LogP contribution is 2.36. The first kappa shape index (κ1) is 20.6. The van der Waals surface area contributed by atoms with E-state index in [0.29, 0.717) is 28.6 Å². The van der Waals surface area contributed by atoms with Gasteiger partial charge in [-0.05, 0) is 32.4 Å². The third-order valence-electron chi connectivity index (χ3n) is 5.22. The molecule has 0 fully saturated rings. The topological polar surface area (TPSA) is 104 Å². The van der Waals surface area contributed by atoms with Crippen molar-refractivity contribution in [3.63, 3.8) is 0 Å². The minimum atomic E-state index is -0.313. The number of methoxy groups -OCH3 is 2. The van der Waals surface area contributed by atoms with Gasteiger partial charge in [0.1, 0.15) is 11.5 Å². The Balaban J connectivity index is 1.85. The summed E-state index contributed by atoms with van der Waals surface area (Å²) in [5.41, 5.74) is 2.60. The fourth-order valence-corrected chi connectivity index (χ4v) is 3.89. The highest BCUT2D eigenvalue weighted by Gasteiger charge is 2.37. The number of anilines is 1. The van der Waals surface area contributed by atoms with Crippen molar-refractivity contribution in [2.45, 2.75) is 33.4 Å². The van der Waals surface area contributed by atoms with E-state index in [1.54, 1.807) is 25.5 Å². The number of nitrogens with zero attached hydrogens (tertiary/aromatic N) is 6. The molecule has 1 aliphatic rings. The van der Waals surface area contributed by atoms with Crippen LogP contribution in [0.3, 0.4) is 0 Å². The minimum Gasteiger partial charge on any atom is -0.480 e. The van der Waals surface area contributed by atoms with Crippen LogP contribution in [0.15, 0.2) is 23.3 Å². The van der Waals surface area contributed by atoms with Gasteiger partial charge in [-0.2, -0.15) is 4.98 Å². The van der Waals surface area contributed by atoms with Crippen molar-refractivity contribution in [1.82, 2.24) is 24.1 Å². The number of rotatable bonds is 5. The number of ether oxygens (including phenoxy) is 2. The molecule has 3 aromatic rings. The molecule has 0 unspecified atom stereocenters. The van der Waals surface area contributed by atoms with Gasteiger partial charge in [0.2, 0.25) is 5.88 Å². The lowest BCUT2D eigenvalue weighted by molar-refractivity contribution is 0.0992. The lowest BCUT2D eigenvalue weighted by atomic mass is 10.2. The summed E-state index contributed by atoms with van der Waals surface area (Å²) < 4.78 is 13.9. The van der Waals surface area contributed by atoms with Gasteiger partial charge in [0, 0.05) is 25.5 Å². The van der Waals surface area contributed by atoms with E-state index in [1.165, 1.54) is 23.7 Å². The maximum atomic E-state index is 13.3. The number of aryl methyl sites for hydroxylation is 2. The van der Waals surface area contributed by atoms with Crippen LogP contribution >= 0.6 is 0 Å². The van der Waals surface area contributed by atoms with Gasteiger partial charge in [-0.15, -0.1) is 0 Å². The maximum Gasteiger partial charge on any atom is 0.319 e. The molecule has 3 aromatic heterocycles. The first-order chi connectivity index (χ1) is 14.8. The fourth-order valence-electron chi connectivity index (χ4n) is 3.89. The summed E-state index contributed by atoms with van der Waals surface area (Å²) in [5.74, 6) is 0.519. The number of carbonyl (C=O) groups is 1. The van der Waals surface area contributed by atoms with Crippen LogP contribution in [-0.2, 0) is 13.6 Å². The lowest BCUT2D eigenvalue weighted by Crippen LogP contribution is -2.32. The SMILES string of the molecule is COc1ncc(-c2nc3c(n2C(C)C)CN(c2cc(C)cn(C)c2=O)C3=O)c(OC)n1. The molecule has 0 bridgehead atoms. The summed E-state index contributed by atoms with van der Waals surface area (Å²) in [5, 5.41) is 0. The third-order valence-corrected chi connectivity index (χ3v) is 5.22. The molecule has 10 heteroatoms. The largest absolute Gasteiger partial charge is 0.480 e. The molecule has 0 atom stereocenters. The van der Waals surface area contributed by atoms with Crippen LogP contribution in [0, 0.1) is 6.92 Å². The first-order valence-electron chi connectivity index (χ1n) is 9.82. The van der Waals surface area contributed by atoms with E-state index in [9.17, 15) is 9.59 Å². The zero-order chi connectivity index (χ0) is 22.4. The second-order valence-electron chi connectivity index (χ2n) is 7.68. The molecule has 1 aliphatic heterocycles. The van der Waals surface area contributed by atoms with E-state index in [0.717, 1.165) is 11.3 Å². The number of imidazole rings is 1. The van der Waals surface area contributed by atoms with Gasteiger partial charge in [0.05, 0.1) is 32.0 Å². The van der Waals surface area contributed by atoms with Crippen LogP contribution in [0.2, 0.25) is 0 Å². The fraction of sp³-hybridized carbons (Fsp3) is 0.381. The summed E-state index contributed by atoms with van der Waals surface area (Å²) in [6.45, 7) is 6.14. The van der Waals surface area contributed by atoms with Gasteiger partial charge >= 0.3 is 6.01 Å². The van der Waals surface area contributed by atoms with Crippen LogP contribution in [0.4, 0.5) is 5.69 Å². The second kappa shape index (κ2) is 7.53. The average molecular weight is 424 g/mol. The summed E-state index contributed by atoms with van der Waals surface area (Å²) >= 11 is 0. The number of hydrogen-bond donors (Lipinski definition) is 0. The van der Waals surface area contributed by atoms with Gasteiger partial charge in [-0.3, -0.25) is 14.5 Å². The zero-order valence-corrected chi connectivity index (χ0v) is 18.3. The Hall–Kier alpha value is -3.69. The average Bonchev–Trinajstić information content (AvgIpc) is 3.26. The Morgan fingerprint density at radius 3 is 2.52 bits per heavy atom. The molecule has 162 valence electrons. The number of fused-ring (bicyclic) bond motifs is 1. The predicted octanol–water partition coefficient (Wildman–Crippen LogP) is 2.11. The molecule has 4 rings (SSSR count). The lowest BCUT2D eigenvalue weighted by Gasteiger charge is -2.20. The van der Waals surface area contributed by atoms with Crippen LogP contribution in [0.1, 0.15) is 41.6 Å². The van der Waals surface area contributed by atoms with E-state index in [-0.39, 0.29) is 30.1 Å². The first-order valence-corrected chi connectivity index (χ1v) is 9.82. The molecular weight excluding hydrogens is 400 g/mol. The Bertz CT molecular complexity index is 1240. The predicted molar refractivity (Wildman–Crippen MR) is 114 cm³/mol. The van der Waals surface area contributed by atoms with Crippen molar-refractivity contribution in [3.8, 4) is 23.3 Å². The monoisotopic (exact) mass is 424 g/mol. The van der Waals surface area contributed by atoms with Gasteiger partial charge in [0.15, 0.2) is 5.69 Å². The number of aromatic nitrogens is 5. The van der Waals surface area contributed by atoms with Gasteiger partial charge in [0.25, 0.3) is 11.5 Å². The Morgan fingerprint density at radius 2 is 1.87 bits per heavy atom. The summed E-state index contributed by atoms with van der Waals surface area (Å²) in [7, 11) is 4.65. The van der Waals surface area contributed by atoms with Gasteiger partial charge in [-0.25, -0.2) is 9.97 Å². The molecule has 4 heterocycles. The van der Waals surface area contributed by atoms with Crippen LogP contribution in [0.5, 0.6) is 11.9 Å². The molecule has 10 nitrogen and oxygen atoms in total. The number of pyridine rings is 1. The van der Waals surface area contributed by atoms with Crippen molar-refractivity contribution in [2.24, 2.45) is 7.05 Å². The van der Waals surface area contributed by atoms with Gasteiger partial charge in [-0.1, -0.05) is 0 Å². The smallest absolute Gasteiger partial charge is 0.319 e. The minimum absolute atomic E-state index is 0.00819. The van der Waals surface area contributed by atoms with Gasteiger partial charge < -0.3 is 18.6 Å². The zero-order valence-electron chi connectivity index (χ0n) is 18.3. The number of hydrogen-bond acceptors (Lipinski definition) is 7. The maximum absolute atomic E-state index is 13.3. The molecule has 0 aromatic carbocycles. The molecule has 0 radical (unpaired) electrons. The van der Waals surface area contributed by atoms with Crippen molar-refractivity contribution in [3.05, 3.63) is 45.8 Å². The molecule has 0 N–H and O–H groups in total. The van der Waals surface area contributed by atoms with Crippen LogP contribution in [0.25, 0.3) is 11.4 Å². The van der Waals surface area contributed by atoms with Crippen LogP contribution in [-0.4, -0.2) is 44.2 Å². The van der Waals surface area contributed by atoms with E-state index in [2.05, 4.69) is 15.0 Å². The van der Waals surface area contributed by atoms with Crippen LogP contribution < -0.4 is 19.9 Å². The molecule has 0 saturated carbocycles. The Labute approximate surface area is 179 Å². The highest BCUT2D eigenvalue weighted by molar-refractivity contribution is 6.08. The van der Waals surface area contributed by atoms with E-state index in [4.69, 9.17) is 9.47 Å². The van der Waals surface area contributed by atoms with E-state index >= 15 is 0 Å². The molecule has 0 saturated heterocycles. The number of amides is 1. The Kier molecular flexibility index (Phi) is 5.00. The standard InChI is InChI=1S/C21H24N6O4/c1-11(2)27-15-10-26(14-7-12(3)9-25(4)19(14)28)20(29)16(15)23-17(27)13-8-22-21(31-6)24-18(13)30-5/h7-9,11H,10H2,1-6H3. The normalized spacial score (nSPS) is 13.1. The molecule has 0 spiro atoms. The highest BCUT2D eigenvalue weighted by atomic mass is 16.5. The summed E-state index contributed by atoms with van der Waals surface area (Å²) in [6, 6.07) is 1.90. The summed E-state index contributed by atoms with van der Waals surface area (Å²) in [6.07, 6.45) is 3.31. The number of carbonyl (C=O) groups excluding carboxylic acids is 1. The second-order valence-corrected chi connectivity index (χ2v) is 7.68. The molecule has 0 aliphatic carbocycles. The quantitative estimate of drug-likeness (QED) is 0.618. The molecular formula is C21H24N6O4. The Morgan fingerprint density at radius 1 is 1.13 bits per heavy atom. The van der Waals surface area contributed by atoms with Crippen molar-refractivity contribution >= 4 is 11.6 Å². The third kappa shape index (κ3) is 3.24. The van der Waals surface area contributed by atoms with E-state index in [1.807, 2.05) is 25.3 Å². The molecule has 1 amide bonds. The molecule has 31 heavy (non-hydrogen) atoms. The van der Waals surface area contributed by atoms with E-state index < -0.39 is 0 Å². The van der Waals surface area contributed by atoms with Crippen molar-refractivity contribution in [2.75, 3.05) is 19.1 Å². The van der Waals surface area contributed by atoms with Crippen molar-refractivity contribution < 1.29 is 14.3 Å².